The summed E-state index contributed by atoms with van der Waals surface area (Å²) in [6.45, 7) is 13.6. The third-order valence-electron chi connectivity index (χ3n) is 8.09. The van der Waals surface area contributed by atoms with Crippen molar-refractivity contribution in [1.82, 2.24) is 0 Å². The van der Waals surface area contributed by atoms with Crippen LogP contribution in [-0.4, -0.2) is 3.21 Å². The fourth-order valence-corrected chi connectivity index (χ4v) is 6.64. The molecule has 1 heteroatoms. The van der Waals surface area contributed by atoms with Gasteiger partial charge in [-0.1, -0.05) is 76.9 Å². The predicted molar refractivity (Wildman–Crippen MR) is 186 cm³/mol. The second kappa shape index (κ2) is 15.9. The van der Waals surface area contributed by atoms with Crippen LogP contribution < -0.4 is 0 Å². The molecule has 5 aromatic rings. The van der Waals surface area contributed by atoms with Crippen molar-refractivity contribution >= 4 is 24.8 Å². The quantitative estimate of drug-likeness (QED) is 0.169. The maximum atomic E-state index is 2.35. The molecule has 0 heterocycles. The molecule has 1 fully saturated rings. The van der Waals surface area contributed by atoms with Gasteiger partial charge in [-0.25, -0.2) is 12.1 Å². The zero-order valence-electron chi connectivity index (χ0n) is 27.4. The van der Waals surface area contributed by atoms with Crippen LogP contribution >= 0.6 is 0 Å². The third-order valence-corrected chi connectivity index (χ3v) is 9.80. The molecule has 1 aliphatic carbocycles. The van der Waals surface area contributed by atoms with E-state index < -0.39 is 0 Å². The molecule has 0 spiro atoms. The van der Waals surface area contributed by atoms with Gasteiger partial charge in [0, 0.05) is 0 Å². The van der Waals surface area contributed by atoms with Gasteiger partial charge in [0.25, 0.3) is 0 Å². The van der Waals surface area contributed by atoms with E-state index in [1.54, 1.807) is 27.4 Å². The van der Waals surface area contributed by atoms with Crippen LogP contribution in [-0.2, 0) is 35.1 Å². The molecular weight excluding hydrogens is 584 g/mol. The normalized spacial score (nSPS) is 13.5. The largest absolute Gasteiger partial charge is 0.214 e. The van der Waals surface area contributed by atoms with Crippen LogP contribution in [0.4, 0.5) is 0 Å². The first kappa shape index (κ1) is 35.8. The van der Waals surface area contributed by atoms with Crippen LogP contribution in [0.1, 0.15) is 90.3 Å². The molecule has 0 radical (unpaired) electrons. The van der Waals surface area contributed by atoms with Crippen LogP contribution in [0.25, 0.3) is 21.5 Å². The van der Waals surface area contributed by atoms with Gasteiger partial charge in [0.1, 0.15) is 0 Å². The van der Waals surface area contributed by atoms with Gasteiger partial charge in [0.15, 0.2) is 0 Å². The number of benzene rings is 3. The number of hydrogen-bond donors (Lipinski definition) is 0. The summed E-state index contributed by atoms with van der Waals surface area (Å²) in [5.74, 6) is 0.893. The van der Waals surface area contributed by atoms with E-state index in [0.717, 1.165) is 5.92 Å². The summed E-state index contributed by atoms with van der Waals surface area (Å²) < 4.78 is 1.69. The SMILES string of the molecule is CC(C)(C)c1ccc2c(c1)[cH-]c1cc(C(C)(C)C)ccc12.[CH3-].[CH3-].[Zr]=[C](c1ccccc1)C1CCCCC1.c1cc[cH-]c1. The van der Waals surface area contributed by atoms with Crippen molar-refractivity contribution in [3.63, 3.8) is 0 Å². The van der Waals surface area contributed by atoms with Gasteiger partial charge < -0.3 is 14.9 Å². The predicted octanol–water partition coefficient (Wildman–Crippen LogP) is 11.9. The molecule has 0 unspecified atom stereocenters. The molecule has 0 atom stereocenters. The van der Waals surface area contributed by atoms with Crippen LogP contribution in [0.5, 0.6) is 0 Å². The molecule has 0 aromatic heterocycles. The van der Waals surface area contributed by atoms with E-state index in [9.17, 15) is 0 Å². The monoisotopic (exact) mass is 634 g/mol. The molecule has 0 nitrogen and oxygen atoms in total. The minimum Gasteiger partial charge on any atom is -0.214 e. The number of rotatable bonds is 2. The van der Waals surface area contributed by atoms with E-state index >= 15 is 0 Å². The first-order valence-electron chi connectivity index (χ1n) is 15.0. The average Bonchev–Trinajstić information content (AvgIpc) is 3.64. The van der Waals surface area contributed by atoms with Crippen LogP contribution in [0.3, 0.4) is 0 Å². The fraction of sp³-hybridized carbons (Fsp3) is 0.341. The van der Waals surface area contributed by atoms with Crippen molar-refractivity contribution in [3.8, 4) is 0 Å². The summed E-state index contributed by atoms with van der Waals surface area (Å²) in [5.41, 5.74) is 4.70. The van der Waals surface area contributed by atoms with E-state index in [4.69, 9.17) is 0 Å². The maximum absolute atomic E-state index is 2.35. The van der Waals surface area contributed by atoms with E-state index in [1.807, 2.05) is 30.3 Å². The molecule has 6 rings (SSSR count). The molecule has 5 aromatic carbocycles. The number of fused-ring (bicyclic) bond motifs is 3. The summed E-state index contributed by atoms with van der Waals surface area (Å²) in [6, 6.07) is 37.1. The van der Waals surface area contributed by atoms with E-state index in [2.05, 4.69) is 114 Å². The number of hydrogen-bond acceptors (Lipinski definition) is 0. The molecule has 0 bridgehead atoms. The van der Waals surface area contributed by atoms with Gasteiger partial charge in [-0.05, 0) is 10.8 Å². The van der Waals surface area contributed by atoms with E-state index in [1.165, 1.54) is 70.3 Å². The van der Waals surface area contributed by atoms with E-state index in [0.29, 0.717) is 0 Å². The van der Waals surface area contributed by atoms with Gasteiger partial charge in [-0.2, -0.15) is 18.2 Å². The maximum Gasteiger partial charge on any atom is -0.172 e. The molecule has 42 heavy (non-hydrogen) atoms. The molecule has 0 aliphatic heterocycles. The first-order chi connectivity index (χ1) is 19.0. The van der Waals surface area contributed by atoms with Crippen molar-refractivity contribution in [3.05, 3.63) is 135 Å². The summed E-state index contributed by atoms with van der Waals surface area (Å²) in [4.78, 5) is 0. The summed E-state index contributed by atoms with van der Waals surface area (Å²) >= 11 is 1.61. The van der Waals surface area contributed by atoms with Crippen LogP contribution in [0.2, 0.25) is 0 Å². The van der Waals surface area contributed by atoms with Gasteiger partial charge in [0.2, 0.25) is 0 Å². The Hall–Kier alpha value is -2.37. The van der Waals surface area contributed by atoms with Crippen LogP contribution in [0, 0.1) is 20.8 Å². The van der Waals surface area contributed by atoms with Gasteiger partial charge >= 0.3 is 101 Å². The summed E-state index contributed by atoms with van der Waals surface area (Å²) in [6.07, 6.45) is 7.18. The Morgan fingerprint density at radius 3 is 1.52 bits per heavy atom. The Morgan fingerprint density at radius 2 is 1.12 bits per heavy atom. The molecule has 0 N–H and O–H groups in total. The second-order valence-electron chi connectivity index (χ2n) is 13.3. The Labute approximate surface area is 272 Å². The Kier molecular flexibility index (Phi) is 13.6. The molecular formula is C41H52Zr-4. The van der Waals surface area contributed by atoms with Gasteiger partial charge in [-0.3, -0.25) is 0 Å². The van der Waals surface area contributed by atoms with Crippen LogP contribution in [0.15, 0.2) is 103 Å². The topological polar surface area (TPSA) is 0 Å². The molecule has 0 amide bonds. The fourth-order valence-electron chi connectivity index (χ4n) is 5.52. The van der Waals surface area contributed by atoms with Crippen molar-refractivity contribution in [2.24, 2.45) is 5.92 Å². The molecule has 1 aliphatic rings. The molecule has 0 saturated heterocycles. The molecule has 224 valence electrons. The second-order valence-corrected chi connectivity index (χ2v) is 14.6. The first-order valence-corrected chi connectivity index (χ1v) is 16.2. The van der Waals surface area contributed by atoms with Crippen molar-refractivity contribution in [2.75, 3.05) is 0 Å². The van der Waals surface area contributed by atoms with Gasteiger partial charge in [-0.15, -0.1) is 39.7 Å². The standard InChI is InChI=1S/C21H25.C13H16.C5H5.2CH3.Zr/c1-20(2,3)16-7-9-18-14(12-16)11-15-13-17(21(4,5)6)8-10-19(15)18;1-3-7-12(8-4-1)11-13-9-5-2-6-10-13;1-2-4-5-3-1;;;/h7-13H,1-6H3;1,3-4,7-8,13H,2,5-6,9-10H2;1-5H;2*1H3;/q-1;;3*-1;. The summed E-state index contributed by atoms with van der Waals surface area (Å²) in [5, 5.41) is 5.48. The smallest absolute Gasteiger partial charge is 0.172 e. The Bertz CT molecular complexity index is 1390. The van der Waals surface area contributed by atoms with E-state index in [-0.39, 0.29) is 25.7 Å². The summed E-state index contributed by atoms with van der Waals surface area (Å²) in [7, 11) is 0. The van der Waals surface area contributed by atoms with Gasteiger partial charge in [0.05, 0.1) is 0 Å². The van der Waals surface area contributed by atoms with Crippen molar-refractivity contribution in [1.29, 1.82) is 0 Å². The average molecular weight is 636 g/mol. The van der Waals surface area contributed by atoms with Crippen molar-refractivity contribution < 1.29 is 24.2 Å². The zero-order valence-corrected chi connectivity index (χ0v) is 29.9. The Balaban J connectivity index is 0.000000253. The minimum absolute atomic E-state index is 0. The zero-order chi connectivity index (χ0) is 28.8. The molecule has 1 saturated carbocycles. The third kappa shape index (κ3) is 9.57. The minimum atomic E-state index is 0. The Morgan fingerprint density at radius 1 is 0.643 bits per heavy atom. The van der Waals surface area contributed by atoms with Crippen molar-refractivity contribution in [2.45, 2.75) is 84.5 Å².